The fourth-order valence-corrected chi connectivity index (χ4v) is 3.98. The molecule has 1 saturated carbocycles. The van der Waals surface area contributed by atoms with Crippen molar-refractivity contribution in [2.24, 2.45) is 0 Å². The lowest BCUT2D eigenvalue weighted by Crippen LogP contribution is -2.42. The van der Waals surface area contributed by atoms with Crippen LogP contribution in [0.1, 0.15) is 55.5 Å². The van der Waals surface area contributed by atoms with Crippen LogP contribution in [-0.2, 0) is 0 Å². The van der Waals surface area contributed by atoms with Crippen LogP contribution in [0.4, 0.5) is 10.1 Å². The number of nitrogens with one attached hydrogen (secondary N) is 2. The summed E-state index contributed by atoms with van der Waals surface area (Å²) in [6, 6.07) is 5.44. The Kier molecular flexibility index (Phi) is 6.95. The average Bonchev–Trinajstić information content (AvgIpc) is 3.26. The number of alkyl halides is 1. The van der Waals surface area contributed by atoms with Crippen LogP contribution in [0.25, 0.3) is 16.9 Å². The van der Waals surface area contributed by atoms with Gasteiger partial charge in [0.2, 0.25) is 0 Å². The Labute approximate surface area is 201 Å². The van der Waals surface area contributed by atoms with Gasteiger partial charge >= 0.3 is 0 Å². The number of aromatic nitrogens is 4. The maximum Gasteiger partial charge on any atom is 0.255 e. The summed E-state index contributed by atoms with van der Waals surface area (Å²) in [5, 5.41) is 39.7. The first-order valence-corrected chi connectivity index (χ1v) is 11.5. The zero-order chi connectivity index (χ0) is 25.2. The molecule has 0 aliphatic heterocycles. The predicted molar refractivity (Wildman–Crippen MR) is 127 cm³/mol. The number of amides is 1. The van der Waals surface area contributed by atoms with E-state index in [0.29, 0.717) is 40.9 Å². The van der Waals surface area contributed by atoms with Crippen LogP contribution in [0.3, 0.4) is 0 Å². The minimum absolute atomic E-state index is 0.0381. The third-order valence-electron chi connectivity index (χ3n) is 6.15. The number of pyridine rings is 2. The first-order chi connectivity index (χ1) is 16.7. The van der Waals surface area contributed by atoms with Gasteiger partial charge in [-0.25, -0.2) is 14.4 Å². The summed E-state index contributed by atoms with van der Waals surface area (Å²) in [4.78, 5) is 21.6. The summed E-state index contributed by atoms with van der Waals surface area (Å²) in [6.45, 7) is 2.33. The number of nitriles is 1. The molecule has 10 nitrogen and oxygen atoms in total. The third-order valence-corrected chi connectivity index (χ3v) is 6.15. The molecule has 4 rings (SSSR count). The van der Waals surface area contributed by atoms with Crippen LogP contribution in [0.2, 0.25) is 0 Å². The predicted octanol–water partition coefficient (Wildman–Crippen LogP) is 2.24. The molecule has 35 heavy (non-hydrogen) atoms. The quantitative estimate of drug-likeness (QED) is 0.401. The first kappa shape index (κ1) is 24.5. The number of hydrogen-bond donors (Lipinski definition) is 4. The van der Waals surface area contributed by atoms with E-state index in [0.717, 1.165) is 12.8 Å². The maximum atomic E-state index is 14.2. The van der Waals surface area contributed by atoms with E-state index in [2.05, 4.69) is 25.7 Å². The fourth-order valence-electron chi connectivity index (χ4n) is 3.98. The Morgan fingerprint density at radius 3 is 2.69 bits per heavy atom. The normalized spacial score (nSPS) is 19.2. The number of carbonyl (C=O) groups excluding carboxylic acids is 1. The van der Waals surface area contributed by atoms with Crippen molar-refractivity contribution in [1.29, 1.82) is 5.26 Å². The molecule has 0 aromatic carbocycles. The van der Waals surface area contributed by atoms with Gasteiger partial charge in [-0.05, 0) is 45.6 Å². The zero-order valence-electron chi connectivity index (χ0n) is 19.6. The molecule has 0 saturated heterocycles. The minimum atomic E-state index is -1.64. The van der Waals surface area contributed by atoms with Gasteiger partial charge in [0.25, 0.3) is 5.91 Å². The second kappa shape index (κ2) is 9.93. The van der Waals surface area contributed by atoms with Gasteiger partial charge in [-0.1, -0.05) is 0 Å². The number of hydrogen-bond acceptors (Lipinski definition) is 8. The zero-order valence-corrected chi connectivity index (χ0v) is 19.6. The van der Waals surface area contributed by atoms with Gasteiger partial charge < -0.3 is 20.8 Å². The Morgan fingerprint density at radius 2 is 2.00 bits per heavy atom. The second-order valence-electron chi connectivity index (χ2n) is 9.37. The van der Waals surface area contributed by atoms with Gasteiger partial charge in [0.15, 0.2) is 11.5 Å². The van der Waals surface area contributed by atoms with Crippen LogP contribution >= 0.6 is 0 Å². The van der Waals surface area contributed by atoms with Gasteiger partial charge in [-0.2, -0.15) is 15.0 Å². The molecule has 4 N–H and O–H groups in total. The number of anilines is 1. The largest absolute Gasteiger partial charge is 0.393 e. The van der Waals surface area contributed by atoms with Crippen molar-refractivity contribution >= 4 is 22.6 Å². The molecule has 1 atom stereocenters. The number of halogens is 1. The number of aliphatic hydroxyl groups is 2. The SMILES string of the molecule is CC(C)(O)C(F)CNC(=O)c1cnc(-n2ncc3cc(C#N)cnc32)cc1NC1CCC(O)CC1. The van der Waals surface area contributed by atoms with Crippen molar-refractivity contribution in [2.45, 2.75) is 63.4 Å². The molecule has 3 heterocycles. The van der Waals surface area contributed by atoms with E-state index in [-0.39, 0.29) is 24.3 Å². The van der Waals surface area contributed by atoms with Gasteiger partial charge in [-0.3, -0.25) is 4.79 Å². The molecule has 1 fully saturated rings. The maximum absolute atomic E-state index is 14.2. The second-order valence-corrected chi connectivity index (χ2v) is 9.37. The van der Waals surface area contributed by atoms with Crippen molar-refractivity contribution in [1.82, 2.24) is 25.1 Å². The van der Waals surface area contributed by atoms with E-state index in [9.17, 15) is 19.4 Å². The van der Waals surface area contributed by atoms with Crippen molar-refractivity contribution in [3.05, 3.63) is 41.9 Å². The smallest absolute Gasteiger partial charge is 0.255 e. The van der Waals surface area contributed by atoms with Crippen molar-refractivity contribution in [3.63, 3.8) is 0 Å². The molecule has 0 spiro atoms. The van der Waals surface area contributed by atoms with Crippen LogP contribution in [-0.4, -0.2) is 66.3 Å². The van der Waals surface area contributed by atoms with Gasteiger partial charge in [0.1, 0.15) is 12.2 Å². The lowest BCUT2D eigenvalue weighted by molar-refractivity contribution is -0.00177. The van der Waals surface area contributed by atoms with Crippen LogP contribution in [0, 0.1) is 11.3 Å². The van der Waals surface area contributed by atoms with Crippen LogP contribution in [0.5, 0.6) is 0 Å². The molecule has 3 aromatic heterocycles. The Morgan fingerprint density at radius 1 is 1.26 bits per heavy atom. The highest BCUT2D eigenvalue weighted by Crippen LogP contribution is 2.26. The Hall–Kier alpha value is -3.62. The van der Waals surface area contributed by atoms with E-state index in [1.165, 1.54) is 30.9 Å². The number of fused-ring (bicyclic) bond motifs is 1. The van der Waals surface area contributed by atoms with Gasteiger partial charge in [-0.15, -0.1) is 0 Å². The third kappa shape index (κ3) is 5.55. The van der Waals surface area contributed by atoms with Crippen LogP contribution < -0.4 is 10.6 Å². The molecule has 1 aliphatic carbocycles. The summed E-state index contributed by atoms with van der Waals surface area (Å²) in [7, 11) is 0. The summed E-state index contributed by atoms with van der Waals surface area (Å²) >= 11 is 0. The van der Waals surface area contributed by atoms with Crippen molar-refractivity contribution in [3.8, 4) is 11.9 Å². The molecule has 1 unspecified atom stereocenters. The van der Waals surface area contributed by atoms with Crippen molar-refractivity contribution < 1.29 is 19.4 Å². The molecular formula is C24H28FN7O3. The van der Waals surface area contributed by atoms with Crippen molar-refractivity contribution in [2.75, 3.05) is 11.9 Å². The van der Waals surface area contributed by atoms with E-state index in [4.69, 9.17) is 5.26 Å². The minimum Gasteiger partial charge on any atom is -0.393 e. The Balaban J connectivity index is 1.65. The first-order valence-electron chi connectivity index (χ1n) is 11.5. The number of rotatable bonds is 7. The highest BCUT2D eigenvalue weighted by atomic mass is 19.1. The number of nitrogens with zero attached hydrogens (tertiary/aromatic N) is 5. The fraction of sp³-hybridized carbons (Fsp3) is 0.458. The lowest BCUT2D eigenvalue weighted by Gasteiger charge is -2.28. The van der Waals surface area contributed by atoms with Gasteiger partial charge in [0.05, 0.1) is 41.3 Å². The van der Waals surface area contributed by atoms with E-state index in [1.807, 2.05) is 6.07 Å². The molecule has 0 radical (unpaired) electrons. The summed E-state index contributed by atoms with van der Waals surface area (Å²) in [5.74, 6) is -0.122. The molecule has 1 aliphatic rings. The van der Waals surface area contributed by atoms with Crippen LogP contribution in [0.15, 0.2) is 30.7 Å². The summed E-state index contributed by atoms with van der Waals surface area (Å²) < 4.78 is 15.7. The molecule has 184 valence electrons. The monoisotopic (exact) mass is 481 g/mol. The lowest BCUT2D eigenvalue weighted by atomic mass is 9.93. The van der Waals surface area contributed by atoms with E-state index >= 15 is 0 Å². The summed E-state index contributed by atoms with van der Waals surface area (Å²) in [5.41, 5.74) is 0.0460. The molecule has 3 aromatic rings. The van der Waals surface area contributed by atoms with E-state index < -0.39 is 17.7 Å². The molecule has 1 amide bonds. The van der Waals surface area contributed by atoms with Gasteiger partial charge in [0, 0.05) is 29.9 Å². The number of aliphatic hydroxyl groups excluding tert-OH is 1. The summed E-state index contributed by atoms with van der Waals surface area (Å²) in [6.07, 6.45) is 5.22. The topological polar surface area (TPSA) is 149 Å². The standard InChI is InChI=1S/C24H28FN7O3/c1-24(2,35)20(25)13-29-23(34)18-12-27-21(8-19(18)31-16-3-5-17(33)6-4-16)32-22-15(11-30-32)7-14(9-26)10-28-22/h7-8,10-12,16-17,20,33,35H,3-6,13H2,1-2H3,(H,27,31)(H,29,34). The number of carbonyl (C=O) groups is 1. The molecular weight excluding hydrogens is 453 g/mol. The Bertz CT molecular complexity index is 1260. The average molecular weight is 482 g/mol. The molecule has 0 bridgehead atoms. The highest BCUT2D eigenvalue weighted by Gasteiger charge is 2.28. The highest BCUT2D eigenvalue weighted by molar-refractivity contribution is 5.99. The molecule has 11 heteroatoms. The van der Waals surface area contributed by atoms with E-state index in [1.54, 1.807) is 18.3 Å².